The summed E-state index contributed by atoms with van der Waals surface area (Å²) < 4.78 is 0. The minimum absolute atomic E-state index is 0.667. The van der Waals surface area contributed by atoms with Gasteiger partial charge in [0.05, 0.1) is 5.41 Å². The first kappa shape index (κ1) is 12.6. The predicted molar refractivity (Wildman–Crippen MR) is 58.5 cm³/mol. The van der Waals surface area contributed by atoms with Gasteiger partial charge in [0, 0.05) is 0 Å². The van der Waals surface area contributed by atoms with E-state index in [0.717, 1.165) is 19.3 Å². The van der Waals surface area contributed by atoms with Crippen LogP contribution in [0, 0.1) is 5.41 Å². The molecule has 1 fully saturated rings. The largest absolute Gasteiger partial charge is 0.375 e. The Morgan fingerprint density at radius 1 is 0.929 bits per heavy atom. The third-order valence-electron chi connectivity index (χ3n) is 3.45. The van der Waals surface area contributed by atoms with Crippen molar-refractivity contribution in [1.29, 1.82) is 0 Å². The van der Waals surface area contributed by atoms with Gasteiger partial charge in [0.15, 0.2) is 0 Å². The highest BCUT2D eigenvalue weighted by molar-refractivity contribution is 6.26. The first-order chi connectivity index (χ1) is 6.21. The number of hydrogen-bond acceptors (Lipinski definition) is 2. The molecule has 0 radical (unpaired) electrons. The second-order valence-electron chi connectivity index (χ2n) is 4.55. The van der Waals surface area contributed by atoms with E-state index in [1.807, 2.05) is 0 Å². The van der Waals surface area contributed by atoms with Crippen LogP contribution in [-0.2, 0) is 0 Å². The van der Waals surface area contributed by atoms with Crippen molar-refractivity contribution in [2.75, 3.05) is 0 Å². The van der Waals surface area contributed by atoms with E-state index < -0.39 is 15.5 Å². The molecule has 2 nitrogen and oxygen atoms in total. The fourth-order valence-corrected chi connectivity index (χ4v) is 3.28. The third-order valence-corrected chi connectivity index (χ3v) is 4.18. The maximum Gasteiger partial charge on any atom is 0.145 e. The highest BCUT2D eigenvalue weighted by Gasteiger charge is 2.57. The van der Waals surface area contributed by atoms with Crippen molar-refractivity contribution in [2.24, 2.45) is 5.41 Å². The molecule has 0 amide bonds. The molecule has 1 aliphatic carbocycles. The molecule has 2 N–H and O–H groups in total. The number of hydrogen-bond donors (Lipinski definition) is 2. The van der Waals surface area contributed by atoms with Gasteiger partial charge in [-0.05, 0) is 26.7 Å². The highest BCUT2D eigenvalue weighted by Crippen LogP contribution is 2.55. The van der Waals surface area contributed by atoms with Crippen LogP contribution in [0.15, 0.2) is 0 Å². The summed E-state index contributed by atoms with van der Waals surface area (Å²) >= 11 is 11.9. The van der Waals surface area contributed by atoms with Crippen LogP contribution in [0.25, 0.3) is 0 Å². The molecule has 2 atom stereocenters. The maximum atomic E-state index is 9.95. The van der Waals surface area contributed by atoms with Crippen LogP contribution in [0.2, 0.25) is 0 Å². The van der Waals surface area contributed by atoms with Crippen molar-refractivity contribution in [3.05, 3.63) is 0 Å². The SMILES string of the molecule is CC(O)(Cl)C1(C(C)(O)Cl)CCCCC1. The van der Waals surface area contributed by atoms with Crippen LogP contribution in [0.1, 0.15) is 46.0 Å². The van der Waals surface area contributed by atoms with Crippen LogP contribution >= 0.6 is 23.2 Å². The minimum atomic E-state index is -1.46. The molecule has 2 unspecified atom stereocenters. The maximum absolute atomic E-state index is 9.95. The Kier molecular flexibility index (Phi) is 3.43. The molecule has 0 aromatic rings. The van der Waals surface area contributed by atoms with Gasteiger partial charge in [-0.2, -0.15) is 0 Å². The average Bonchev–Trinajstić information content (AvgIpc) is 2.02. The van der Waals surface area contributed by atoms with Crippen LogP contribution in [0.5, 0.6) is 0 Å². The molecule has 1 saturated carbocycles. The lowest BCUT2D eigenvalue weighted by atomic mass is 9.66. The van der Waals surface area contributed by atoms with E-state index in [-0.39, 0.29) is 0 Å². The predicted octanol–water partition coefficient (Wildman–Crippen LogP) is 2.83. The molecule has 84 valence electrons. The normalized spacial score (nSPS) is 30.4. The van der Waals surface area contributed by atoms with Gasteiger partial charge in [0.1, 0.15) is 10.1 Å². The summed E-state index contributed by atoms with van der Waals surface area (Å²) in [7, 11) is 0. The quantitative estimate of drug-likeness (QED) is 0.730. The summed E-state index contributed by atoms with van der Waals surface area (Å²) in [5, 5.41) is 17.0. The van der Waals surface area contributed by atoms with Crippen molar-refractivity contribution >= 4 is 23.2 Å². The van der Waals surface area contributed by atoms with Gasteiger partial charge in [0.2, 0.25) is 0 Å². The first-order valence-corrected chi connectivity index (χ1v) is 5.79. The Hall–Kier alpha value is 0.500. The van der Waals surface area contributed by atoms with Crippen molar-refractivity contribution in [3.63, 3.8) is 0 Å². The smallest absolute Gasteiger partial charge is 0.145 e. The monoisotopic (exact) mass is 240 g/mol. The molecule has 0 saturated heterocycles. The molecule has 1 aliphatic rings. The summed E-state index contributed by atoms with van der Waals surface area (Å²) in [5.74, 6) is 0. The fraction of sp³-hybridized carbons (Fsp3) is 1.00. The zero-order valence-electron chi connectivity index (χ0n) is 8.69. The van der Waals surface area contributed by atoms with Crippen LogP contribution in [0.4, 0.5) is 0 Å². The zero-order chi connectivity index (χ0) is 11.0. The minimum Gasteiger partial charge on any atom is -0.375 e. The van der Waals surface area contributed by atoms with E-state index in [1.165, 1.54) is 13.8 Å². The van der Waals surface area contributed by atoms with Crippen LogP contribution in [0.3, 0.4) is 0 Å². The lowest BCUT2D eigenvalue weighted by Crippen LogP contribution is -2.55. The molecule has 4 heteroatoms. The summed E-state index contributed by atoms with van der Waals surface area (Å²) in [6, 6.07) is 0. The van der Waals surface area contributed by atoms with Gasteiger partial charge in [-0.3, -0.25) is 0 Å². The van der Waals surface area contributed by atoms with E-state index in [2.05, 4.69) is 0 Å². The molecule has 14 heavy (non-hydrogen) atoms. The van der Waals surface area contributed by atoms with Gasteiger partial charge < -0.3 is 10.2 Å². The Morgan fingerprint density at radius 3 is 1.50 bits per heavy atom. The summed E-state index contributed by atoms with van der Waals surface area (Å²) in [4.78, 5) is 0. The Balaban J connectivity index is 3.01. The molecule has 0 heterocycles. The number of halogens is 2. The van der Waals surface area contributed by atoms with Crippen molar-refractivity contribution in [3.8, 4) is 0 Å². The zero-order valence-corrected chi connectivity index (χ0v) is 10.2. The number of rotatable bonds is 2. The summed E-state index contributed by atoms with van der Waals surface area (Å²) in [6.07, 6.45) is 4.35. The molecule has 0 spiro atoms. The topological polar surface area (TPSA) is 40.5 Å². The molecule has 0 aromatic carbocycles. The van der Waals surface area contributed by atoms with Gasteiger partial charge in [-0.1, -0.05) is 42.5 Å². The lowest BCUT2D eigenvalue weighted by Gasteiger charge is -2.50. The summed E-state index contributed by atoms with van der Waals surface area (Å²) in [5.41, 5.74) is -0.804. The van der Waals surface area contributed by atoms with Gasteiger partial charge in [-0.15, -0.1) is 0 Å². The van der Waals surface area contributed by atoms with Crippen molar-refractivity contribution in [2.45, 2.75) is 56.1 Å². The van der Waals surface area contributed by atoms with E-state index in [0.29, 0.717) is 12.8 Å². The Labute approximate surface area is 95.2 Å². The van der Waals surface area contributed by atoms with Gasteiger partial charge in [0.25, 0.3) is 0 Å². The molecular weight excluding hydrogens is 223 g/mol. The van der Waals surface area contributed by atoms with Crippen LogP contribution in [-0.4, -0.2) is 20.3 Å². The second-order valence-corrected chi connectivity index (χ2v) is 6.02. The Bertz CT molecular complexity index is 181. The highest BCUT2D eigenvalue weighted by atomic mass is 35.5. The van der Waals surface area contributed by atoms with Crippen molar-refractivity contribution < 1.29 is 10.2 Å². The Morgan fingerprint density at radius 2 is 1.29 bits per heavy atom. The second kappa shape index (κ2) is 3.82. The standard InChI is InChI=1S/C10H18Cl2O2/c1-8(11,13)10(9(2,12)14)6-4-3-5-7-10/h13-14H,3-7H2,1-2H3. The molecule has 1 rings (SSSR count). The fourth-order valence-electron chi connectivity index (χ4n) is 2.48. The van der Waals surface area contributed by atoms with E-state index in [1.54, 1.807) is 0 Å². The number of alkyl halides is 2. The lowest BCUT2D eigenvalue weighted by molar-refractivity contribution is -0.122. The van der Waals surface area contributed by atoms with Gasteiger partial charge in [-0.25, -0.2) is 0 Å². The van der Waals surface area contributed by atoms with E-state index in [9.17, 15) is 10.2 Å². The van der Waals surface area contributed by atoms with Crippen LogP contribution < -0.4 is 0 Å². The van der Waals surface area contributed by atoms with E-state index in [4.69, 9.17) is 23.2 Å². The average molecular weight is 241 g/mol. The molecular formula is C10H18Cl2O2. The molecule has 0 aromatic heterocycles. The van der Waals surface area contributed by atoms with E-state index >= 15 is 0 Å². The summed E-state index contributed by atoms with van der Waals surface area (Å²) in [6.45, 7) is 3.02. The number of aliphatic hydroxyl groups is 2. The molecule has 0 bridgehead atoms. The van der Waals surface area contributed by atoms with Crippen molar-refractivity contribution in [1.82, 2.24) is 0 Å². The third kappa shape index (κ3) is 2.04. The first-order valence-electron chi connectivity index (χ1n) is 5.03. The molecule has 0 aliphatic heterocycles. The van der Waals surface area contributed by atoms with Gasteiger partial charge >= 0.3 is 0 Å².